The van der Waals surface area contributed by atoms with E-state index in [0.717, 1.165) is 37.2 Å². The lowest BCUT2D eigenvalue weighted by atomic mass is 9.95. The van der Waals surface area contributed by atoms with Crippen molar-refractivity contribution in [2.24, 2.45) is 5.92 Å². The average Bonchev–Trinajstić information content (AvgIpc) is 3.09. The predicted octanol–water partition coefficient (Wildman–Crippen LogP) is 2.69. The number of hydrogen-bond donors (Lipinski definition) is 1. The van der Waals surface area contributed by atoms with Gasteiger partial charge in [0.25, 0.3) is 0 Å². The fourth-order valence-corrected chi connectivity index (χ4v) is 2.43. The average molecular weight is 248 g/mol. The van der Waals surface area contributed by atoms with Crippen LogP contribution < -0.4 is 4.74 Å². The van der Waals surface area contributed by atoms with E-state index in [2.05, 4.69) is 6.92 Å². The summed E-state index contributed by atoms with van der Waals surface area (Å²) in [6.45, 7) is 2.89. The van der Waals surface area contributed by atoms with E-state index in [9.17, 15) is 5.11 Å². The zero-order valence-corrected chi connectivity index (χ0v) is 10.7. The SMILES string of the molecule is CC1CCOC1C(O)c1ccc(OC2CC2)cc1. The van der Waals surface area contributed by atoms with Crippen molar-refractivity contribution in [1.82, 2.24) is 0 Å². The van der Waals surface area contributed by atoms with Crippen LogP contribution in [0.3, 0.4) is 0 Å². The topological polar surface area (TPSA) is 38.7 Å². The third-order valence-electron chi connectivity index (χ3n) is 3.80. The first kappa shape index (κ1) is 12.0. The van der Waals surface area contributed by atoms with Crippen LogP contribution in [0.2, 0.25) is 0 Å². The molecule has 0 bridgehead atoms. The molecule has 98 valence electrons. The first-order valence-electron chi connectivity index (χ1n) is 6.80. The standard InChI is InChI=1S/C15H20O3/c1-10-8-9-17-15(10)14(16)11-2-4-12(5-3-11)18-13-6-7-13/h2-5,10,13-16H,6-9H2,1H3. The molecule has 1 aromatic rings. The van der Waals surface area contributed by atoms with Crippen LogP contribution in [0.5, 0.6) is 5.75 Å². The Morgan fingerprint density at radius 1 is 1.22 bits per heavy atom. The molecule has 0 amide bonds. The summed E-state index contributed by atoms with van der Waals surface area (Å²) < 4.78 is 11.3. The van der Waals surface area contributed by atoms with Crippen LogP contribution in [0.1, 0.15) is 37.9 Å². The second-order valence-corrected chi connectivity index (χ2v) is 5.43. The summed E-state index contributed by atoms with van der Waals surface area (Å²) >= 11 is 0. The van der Waals surface area contributed by atoms with E-state index in [1.807, 2.05) is 24.3 Å². The van der Waals surface area contributed by atoms with E-state index < -0.39 is 6.10 Å². The van der Waals surface area contributed by atoms with Crippen LogP contribution in [-0.2, 0) is 4.74 Å². The van der Waals surface area contributed by atoms with Crippen molar-refractivity contribution < 1.29 is 14.6 Å². The monoisotopic (exact) mass is 248 g/mol. The first-order valence-corrected chi connectivity index (χ1v) is 6.80. The van der Waals surface area contributed by atoms with Crippen LogP contribution in [0.15, 0.2) is 24.3 Å². The van der Waals surface area contributed by atoms with Crippen LogP contribution in [0.4, 0.5) is 0 Å². The highest BCUT2D eigenvalue weighted by molar-refractivity contribution is 5.29. The summed E-state index contributed by atoms with van der Waals surface area (Å²) in [7, 11) is 0. The Morgan fingerprint density at radius 2 is 1.94 bits per heavy atom. The van der Waals surface area contributed by atoms with Gasteiger partial charge in [0.1, 0.15) is 11.9 Å². The maximum Gasteiger partial charge on any atom is 0.119 e. The summed E-state index contributed by atoms with van der Waals surface area (Å²) in [5, 5.41) is 10.3. The van der Waals surface area contributed by atoms with Gasteiger partial charge in [-0.2, -0.15) is 0 Å². The van der Waals surface area contributed by atoms with Gasteiger partial charge in [-0.25, -0.2) is 0 Å². The number of hydrogen-bond acceptors (Lipinski definition) is 3. The maximum atomic E-state index is 10.3. The van der Waals surface area contributed by atoms with E-state index in [1.165, 1.54) is 0 Å². The smallest absolute Gasteiger partial charge is 0.119 e. The molecular formula is C15H20O3. The van der Waals surface area contributed by atoms with Gasteiger partial charge >= 0.3 is 0 Å². The molecule has 18 heavy (non-hydrogen) atoms. The molecule has 2 fully saturated rings. The van der Waals surface area contributed by atoms with E-state index in [0.29, 0.717) is 12.0 Å². The van der Waals surface area contributed by atoms with Crippen LogP contribution in [0.25, 0.3) is 0 Å². The van der Waals surface area contributed by atoms with Gasteiger partial charge in [-0.3, -0.25) is 0 Å². The lowest BCUT2D eigenvalue weighted by Gasteiger charge is -2.21. The van der Waals surface area contributed by atoms with Crippen molar-refractivity contribution in [2.45, 2.75) is 44.5 Å². The number of aliphatic hydroxyl groups is 1. The minimum absolute atomic E-state index is 0.0693. The van der Waals surface area contributed by atoms with Crippen LogP contribution in [0, 0.1) is 5.92 Å². The number of benzene rings is 1. The highest BCUT2D eigenvalue weighted by Crippen LogP contribution is 2.32. The van der Waals surface area contributed by atoms with Crippen molar-refractivity contribution in [2.75, 3.05) is 6.61 Å². The molecule has 0 spiro atoms. The van der Waals surface area contributed by atoms with Crippen molar-refractivity contribution in [3.05, 3.63) is 29.8 Å². The molecule has 3 heteroatoms. The molecule has 0 aromatic heterocycles. The Bertz CT molecular complexity index is 397. The molecular weight excluding hydrogens is 228 g/mol. The predicted molar refractivity (Wildman–Crippen MR) is 68.6 cm³/mol. The quantitative estimate of drug-likeness (QED) is 0.890. The van der Waals surface area contributed by atoms with Crippen molar-refractivity contribution >= 4 is 0 Å². The molecule has 1 aliphatic carbocycles. The van der Waals surface area contributed by atoms with Gasteiger partial charge in [-0.1, -0.05) is 19.1 Å². The van der Waals surface area contributed by atoms with Crippen molar-refractivity contribution in [3.8, 4) is 5.75 Å². The summed E-state index contributed by atoms with van der Waals surface area (Å²) in [5.74, 6) is 1.32. The number of ether oxygens (including phenoxy) is 2. The van der Waals surface area contributed by atoms with E-state index >= 15 is 0 Å². The third-order valence-corrected chi connectivity index (χ3v) is 3.80. The van der Waals surface area contributed by atoms with Gasteiger partial charge in [0.2, 0.25) is 0 Å². The zero-order valence-electron chi connectivity index (χ0n) is 10.7. The lowest BCUT2D eigenvalue weighted by molar-refractivity contribution is -0.0178. The number of aliphatic hydroxyl groups excluding tert-OH is 1. The Balaban J connectivity index is 1.67. The van der Waals surface area contributed by atoms with Crippen LogP contribution in [-0.4, -0.2) is 23.9 Å². The molecule has 1 heterocycles. The Hall–Kier alpha value is -1.06. The second kappa shape index (κ2) is 4.90. The normalized spacial score (nSPS) is 29.2. The molecule has 1 saturated heterocycles. The van der Waals surface area contributed by atoms with Gasteiger partial charge in [-0.15, -0.1) is 0 Å². The largest absolute Gasteiger partial charge is 0.490 e. The molecule has 3 atom stereocenters. The van der Waals surface area contributed by atoms with Crippen LogP contribution >= 0.6 is 0 Å². The van der Waals surface area contributed by atoms with E-state index in [1.54, 1.807) is 0 Å². The summed E-state index contributed by atoms with van der Waals surface area (Å²) in [6.07, 6.45) is 3.18. The molecule has 1 aromatic carbocycles. The summed E-state index contributed by atoms with van der Waals surface area (Å²) in [4.78, 5) is 0. The summed E-state index contributed by atoms with van der Waals surface area (Å²) in [6, 6.07) is 7.76. The van der Waals surface area contributed by atoms with Gasteiger partial charge in [0.15, 0.2) is 0 Å². The van der Waals surface area contributed by atoms with Gasteiger partial charge in [0, 0.05) is 6.61 Å². The van der Waals surface area contributed by atoms with Gasteiger partial charge in [-0.05, 0) is 42.9 Å². The third kappa shape index (κ3) is 2.52. The lowest BCUT2D eigenvalue weighted by Crippen LogP contribution is -2.22. The van der Waals surface area contributed by atoms with Crippen molar-refractivity contribution in [3.63, 3.8) is 0 Å². The fourth-order valence-electron chi connectivity index (χ4n) is 2.43. The zero-order chi connectivity index (χ0) is 12.5. The second-order valence-electron chi connectivity index (χ2n) is 5.43. The fraction of sp³-hybridized carbons (Fsp3) is 0.600. The van der Waals surface area contributed by atoms with E-state index in [4.69, 9.17) is 9.47 Å². The Labute approximate surface area is 108 Å². The molecule has 1 aliphatic heterocycles. The van der Waals surface area contributed by atoms with Gasteiger partial charge in [0.05, 0.1) is 12.2 Å². The highest BCUT2D eigenvalue weighted by atomic mass is 16.5. The Kier molecular flexibility index (Phi) is 3.27. The molecule has 0 radical (unpaired) electrons. The molecule has 1 saturated carbocycles. The first-order chi connectivity index (χ1) is 8.74. The number of rotatable bonds is 4. The minimum atomic E-state index is -0.530. The van der Waals surface area contributed by atoms with Gasteiger partial charge < -0.3 is 14.6 Å². The maximum absolute atomic E-state index is 10.3. The molecule has 3 unspecified atom stereocenters. The van der Waals surface area contributed by atoms with E-state index in [-0.39, 0.29) is 6.10 Å². The summed E-state index contributed by atoms with van der Waals surface area (Å²) in [5.41, 5.74) is 0.914. The molecule has 3 nitrogen and oxygen atoms in total. The molecule has 3 rings (SSSR count). The molecule has 1 N–H and O–H groups in total. The minimum Gasteiger partial charge on any atom is -0.490 e. The highest BCUT2D eigenvalue weighted by Gasteiger charge is 2.31. The Morgan fingerprint density at radius 3 is 2.50 bits per heavy atom. The molecule has 2 aliphatic rings. The van der Waals surface area contributed by atoms with Crippen molar-refractivity contribution in [1.29, 1.82) is 0 Å².